The Hall–Kier alpha value is -1.65. The van der Waals surface area contributed by atoms with E-state index in [0.29, 0.717) is 6.42 Å². The van der Waals surface area contributed by atoms with E-state index < -0.39 is 11.9 Å². The first-order chi connectivity index (χ1) is 9.45. The van der Waals surface area contributed by atoms with Gasteiger partial charge in [0.2, 0.25) is 11.8 Å². The average Bonchev–Trinajstić information content (AvgIpc) is 2.35. The molecule has 0 aliphatic rings. The van der Waals surface area contributed by atoms with Crippen molar-refractivity contribution in [3.63, 3.8) is 0 Å². The molecule has 0 aliphatic heterocycles. The molecular formula is C15H26N2O3. The summed E-state index contributed by atoms with van der Waals surface area (Å²) in [5.41, 5.74) is 5.12. The van der Waals surface area contributed by atoms with Crippen molar-refractivity contribution in [1.82, 2.24) is 5.32 Å². The highest BCUT2D eigenvalue weighted by atomic mass is 16.2. The maximum absolute atomic E-state index is 11.7. The number of allylic oxidation sites excluding steroid dienone is 1. The smallest absolute Gasteiger partial charge is 0.220 e. The average molecular weight is 282 g/mol. The molecule has 0 rings (SSSR count). The van der Waals surface area contributed by atoms with Crippen molar-refractivity contribution in [2.45, 2.75) is 64.8 Å². The van der Waals surface area contributed by atoms with Crippen LogP contribution in [0.2, 0.25) is 0 Å². The van der Waals surface area contributed by atoms with Crippen LogP contribution < -0.4 is 11.1 Å². The van der Waals surface area contributed by atoms with Gasteiger partial charge in [-0.15, -0.1) is 0 Å². The summed E-state index contributed by atoms with van der Waals surface area (Å²) in [7, 11) is 0. The fourth-order valence-corrected chi connectivity index (χ4v) is 1.80. The highest BCUT2D eigenvalue weighted by molar-refractivity contribution is 5.87. The molecule has 1 atom stereocenters. The summed E-state index contributed by atoms with van der Waals surface area (Å²) in [5, 5.41) is 2.72. The zero-order chi connectivity index (χ0) is 15.4. The van der Waals surface area contributed by atoms with Crippen LogP contribution in [0.3, 0.4) is 0 Å². The number of nitrogens with two attached hydrogens (primary N) is 1. The van der Waals surface area contributed by atoms with Gasteiger partial charge in [-0.1, -0.05) is 38.7 Å². The minimum atomic E-state index is -0.508. The van der Waals surface area contributed by atoms with Gasteiger partial charge in [-0.3, -0.25) is 14.4 Å². The van der Waals surface area contributed by atoms with Gasteiger partial charge in [-0.25, -0.2) is 0 Å². The van der Waals surface area contributed by atoms with Gasteiger partial charge in [-0.2, -0.15) is 0 Å². The van der Waals surface area contributed by atoms with Crippen LogP contribution in [0.4, 0.5) is 0 Å². The highest BCUT2D eigenvalue weighted by Crippen LogP contribution is 2.05. The van der Waals surface area contributed by atoms with Gasteiger partial charge in [0.1, 0.15) is 0 Å². The Bertz CT molecular complexity index is 351. The Kier molecular flexibility index (Phi) is 10.3. The third kappa shape index (κ3) is 11.4. The molecule has 0 saturated heterocycles. The van der Waals surface area contributed by atoms with E-state index in [2.05, 4.69) is 12.2 Å². The summed E-state index contributed by atoms with van der Waals surface area (Å²) in [6, 6.07) is -0.500. The first-order valence-corrected chi connectivity index (χ1v) is 7.22. The molecule has 0 saturated carbocycles. The van der Waals surface area contributed by atoms with Gasteiger partial charge in [0.25, 0.3) is 0 Å². The second-order valence-electron chi connectivity index (χ2n) is 4.98. The SMILES string of the molecule is CCCCCCCC(=O)N[C@@H](/C=C\C(C)=O)CC(N)=O. The maximum Gasteiger partial charge on any atom is 0.220 e. The summed E-state index contributed by atoms with van der Waals surface area (Å²) in [6.07, 6.45) is 8.67. The molecule has 0 aromatic rings. The molecule has 0 aliphatic carbocycles. The van der Waals surface area contributed by atoms with Crippen molar-refractivity contribution >= 4 is 17.6 Å². The molecule has 0 unspecified atom stereocenters. The largest absolute Gasteiger partial charge is 0.370 e. The predicted molar refractivity (Wildman–Crippen MR) is 78.9 cm³/mol. The molecule has 5 heteroatoms. The predicted octanol–water partition coefficient (Wildman–Crippen LogP) is 1.85. The second-order valence-corrected chi connectivity index (χ2v) is 4.98. The third-order valence-corrected chi connectivity index (χ3v) is 2.84. The van der Waals surface area contributed by atoms with Crippen LogP contribution in [0.5, 0.6) is 0 Å². The Labute approximate surface area is 121 Å². The molecule has 2 amide bonds. The molecule has 0 heterocycles. The highest BCUT2D eigenvalue weighted by Gasteiger charge is 2.12. The van der Waals surface area contributed by atoms with Crippen LogP contribution in [-0.2, 0) is 14.4 Å². The molecule has 0 fully saturated rings. The van der Waals surface area contributed by atoms with E-state index in [1.165, 1.54) is 31.9 Å². The molecule has 0 spiro atoms. The van der Waals surface area contributed by atoms with Crippen LogP contribution in [0.1, 0.15) is 58.8 Å². The Morgan fingerprint density at radius 2 is 1.80 bits per heavy atom. The molecular weight excluding hydrogens is 256 g/mol. The quantitative estimate of drug-likeness (QED) is 0.447. The summed E-state index contributed by atoms with van der Waals surface area (Å²) in [5.74, 6) is -0.749. The van der Waals surface area contributed by atoms with Gasteiger partial charge >= 0.3 is 0 Å². The van der Waals surface area contributed by atoms with Crippen LogP contribution >= 0.6 is 0 Å². The number of primary amides is 1. The van der Waals surface area contributed by atoms with Crippen LogP contribution in [-0.4, -0.2) is 23.6 Å². The number of hydrogen-bond donors (Lipinski definition) is 2. The maximum atomic E-state index is 11.7. The van der Waals surface area contributed by atoms with E-state index in [1.54, 1.807) is 0 Å². The standard InChI is InChI=1S/C15H26N2O3/c1-3-4-5-6-7-8-15(20)17-13(11-14(16)19)10-9-12(2)18/h9-10,13H,3-8,11H2,1-2H3,(H2,16,19)(H,17,20)/b10-9-/t13-/m0/s1. The van der Waals surface area contributed by atoms with Crippen LogP contribution in [0.15, 0.2) is 12.2 Å². The Morgan fingerprint density at radius 1 is 1.15 bits per heavy atom. The zero-order valence-corrected chi connectivity index (χ0v) is 12.5. The van der Waals surface area contributed by atoms with Crippen LogP contribution in [0.25, 0.3) is 0 Å². The zero-order valence-electron chi connectivity index (χ0n) is 12.5. The van der Waals surface area contributed by atoms with Crippen molar-refractivity contribution in [2.24, 2.45) is 5.73 Å². The molecule has 3 N–H and O–H groups in total. The molecule has 0 radical (unpaired) electrons. The van der Waals surface area contributed by atoms with Gasteiger partial charge in [0.05, 0.1) is 12.5 Å². The topological polar surface area (TPSA) is 89.3 Å². The van der Waals surface area contributed by atoms with Gasteiger partial charge < -0.3 is 11.1 Å². The lowest BCUT2D eigenvalue weighted by atomic mass is 10.1. The summed E-state index contributed by atoms with van der Waals surface area (Å²) < 4.78 is 0. The fourth-order valence-electron chi connectivity index (χ4n) is 1.80. The normalized spacial score (nSPS) is 12.3. The van der Waals surface area contributed by atoms with E-state index in [1.807, 2.05) is 0 Å². The van der Waals surface area contributed by atoms with E-state index >= 15 is 0 Å². The van der Waals surface area contributed by atoms with Gasteiger partial charge in [0.15, 0.2) is 5.78 Å². The van der Waals surface area contributed by atoms with Gasteiger partial charge in [-0.05, 0) is 19.4 Å². The van der Waals surface area contributed by atoms with E-state index in [0.717, 1.165) is 19.3 Å². The second kappa shape index (κ2) is 11.2. The number of nitrogens with one attached hydrogen (secondary N) is 1. The van der Waals surface area contributed by atoms with Crippen molar-refractivity contribution < 1.29 is 14.4 Å². The lowest BCUT2D eigenvalue weighted by molar-refractivity contribution is -0.122. The van der Waals surface area contributed by atoms with E-state index in [9.17, 15) is 14.4 Å². The molecule has 114 valence electrons. The third-order valence-electron chi connectivity index (χ3n) is 2.84. The Morgan fingerprint density at radius 3 is 2.35 bits per heavy atom. The summed E-state index contributed by atoms with van der Waals surface area (Å²) >= 11 is 0. The fraction of sp³-hybridized carbons (Fsp3) is 0.667. The van der Waals surface area contributed by atoms with Crippen molar-refractivity contribution in [3.8, 4) is 0 Å². The number of carbonyl (C=O) groups excluding carboxylic acids is 3. The molecule has 5 nitrogen and oxygen atoms in total. The number of amides is 2. The minimum absolute atomic E-state index is 0.00531. The minimum Gasteiger partial charge on any atom is -0.370 e. The molecule has 0 bridgehead atoms. The molecule has 0 aromatic carbocycles. The number of carbonyl (C=O) groups is 3. The Balaban J connectivity index is 4.11. The van der Waals surface area contributed by atoms with Crippen LogP contribution in [0, 0.1) is 0 Å². The lowest BCUT2D eigenvalue weighted by Gasteiger charge is -2.13. The lowest BCUT2D eigenvalue weighted by Crippen LogP contribution is -2.36. The molecule has 20 heavy (non-hydrogen) atoms. The van der Waals surface area contributed by atoms with Gasteiger partial charge in [0, 0.05) is 6.42 Å². The summed E-state index contributed by atoms with van der Waals surface area (Å²) in [6.45, 7) is 3.55. The number of ketones is 1. The van der Waals surface area contributed by atoms with Crippen molar-refractivity contribution in [3.05, 3.63) is 12.2 Å². The van der Waals surface area contributed by atoms with Crippen molar-refractivity contribution in [1.29, 1.82) is 0 Å². The monoisotopic (exact) mass is 282 g/mol. The first-order valence-electron chi connectivity index (χ1n) is 7.22. The molecule has 0 aromatic heterocycles. The van der Waals surface area contributed by atoms with E-state index in [4.69, 9.17) is 5.73 Å². The summed E-state index contributed by atoms with van der Waals surface area (Å²) in [4.78, 5) is 33.5. The van der Waals surface area contributed by atoms with Crippen molar-refractivity contribution in [2.75, 3.05) is 0 Å². The number of unbranched alkanes of at least 4 members (excludes halogenated alkanes) is 4. The number of rotatable bonds is 11. The number of hydrogen-bond acceptors (Lipinski definition) is 3. The first kappa shape index (κ1) is 18.4. The van der Waals surface area contributed by atoms with E-state index in [-0.39, 0.29) is 18.1 Å².